The van der Waals surface area contributed by atoms with E-state index in [-0.39, 0.29) is 29.4 Å². The molecule has 1 aliphatic rings. The van der Waals surface area contributed by atoms with Gasteiger partial charge in [-0.2, -0.15) is 13.2 Å². The van der Waals surface area contributed by atoms with Crippen LogP contribution < -0.4 is 5.73 Å². The van der Waals surface area contributed by atoms with Crippen LogP contribution in [0.3, 0.4) is 0 Å². The third kappa shape index (κ3) is 3.52. The van der Waals surface area contributed by atoms with Crippen molar-refractivity contribution in [1.29, 1.82) is 0 Å². The minimum Gasteiger partial charge on any atom is -0.324 e. The largest absolute Gasteiger partial charge is 0.416 e. The second kappa shape index (κ2) is 5.37. The van der Waals surface area contributed by atoms with E-state index in [4.69, 9.17) is 5.73 Å². The standard InChI is InChI=1S/C13H16F3NO2S/c14-13(15,16)11-4-2-1-3-10(11)12(17)7-9-5-6-20(18,19)8-9/h1-4,9,12H,5-8,17H2. The lowest BCUT2D eigenvalue weighted by Gasteiger charge is -2.20. The Morgan fingerprint density at radius 3 is 2.50 bits per heavy atom. The number of hydrogen-bond acceptors (Lipinski definition) is 3. The van der Waals surface area contributed by atoms with E-state index < -0.39 is 27.6 Å². The van der Waals surface area contributed by atoms with Crippen LogP contribution in [0.5, 0.6) is 0 Å². The van der Waals surface area contributed by atoms with Crippen LogP contribution in [0.2, 0.25) is 0 Å². The number of halogens is 3. The highest BCUT2D eigenvalue weighted by atomic mass is 32.2. The Kier molecular flexibility index (Phi) is 4.11. The second-order valence-electron chi connectivity index (χ2n) is 5.20. The molecule has 1 aromatic rings. The molecule has 7 heteroatoms. The first-order chi connectivity index (χ1) is 9.19. The lowest BCUT2D eigenvalue weighted by molar-refractivity contribution is -0.138. The SMILES string of the molecule is NC(CC1CCS(=O)(=O)C1)c1ccccc1C(F)(F)F. The lowest BCUT2D eigenvalue weighted by atomic mass is 9.92. The fourth-order valence-electron chi connectivity index (χ4n) is 2.62. The zero-order valence-corrected chi connectivity index (χ0v) is 11.5. The van der Waals surface area contributed by atoms with Gasteiger partial charge in [0.25, 0.3) is 0 Å². The Morgan fingerprint density at radius 2 is 1.95 bits per heavy atom. The molecule has 2 atom stereocenters. The third-order valence-corrected chi connectivity index (χ3v) is 5.42. The molecule has 2 rings (SSSR count). The Labute approximate surface area is 115 Å². The second-order valence-corrected chi connectivity index (χ2v) is 7.42. The highest BCUT2D eigenvalue weighted by molar-refractivity contribution is 7.91. The van der Waals surface area contributed by atoms with E-state index in [9.17, 15) is 21.6 Å². The first kappa shape index (κ1) is 15.3. The molecule has 1 aromatic carbocycles. The molecular formula is C13H16F3NO2S. The first-order valence-corrected chi connectivity index (χ1v) is 8.13. The van der Waals surface area contributed by atoms with Crippen LogP contribution in [-0.2, 0) is 16.0 Å². The molecule has 0 amide bonds. The zero-order chi connectivity index (χ0) is 15.0. The minimum absolute atomic E-state index is 0.0227. The Morgan fingerprint density at radius 1 is 1.30 bits per heavy atom. The van der Waals surface area contributed by atoms with Crippen LogP contribution in [0.1, 0.15) is 30.0 Å². The van der Waals surface area contributed by atoms with Gasteiger partial charge in [-0.1, -0.05) is 18.2 Å². The molecule has 0 spiro atoms. The molecule has 0 saturated carbocycles. The van der Waals surface area contributed by atoms with Crippen molar-refractivity contribution in [3.63, 3.8) is 0 Å². The summed E-state index contributed by atoms with van der Waals surface area (Å²) in [5, 5.41) is 0. The summed E-state index contributed by atoms with van der Waals surface area (Å²) >= 11 is 0. The van der Waals surface area contributed by atoms with E-state index in [1.165, 1.54) is 18.2 Å². The molecule has 1 heterocycles. The van der Waals surface area contributed by atoms with Gasteiger partial charge in [0.2, 0.25) is 0 Å². The van der Waals surface area contributed by atoms with Gasteiger partial charge < -0.3 is 5.73 Å². The molecule has 112 valence electrons. The maximum atomic E-state index is 12.9. The van der Waals surface area contributed by atoms with Crippen molar-refractivity contribution < 1.29 is 21.6 Å². The maximum absolute atomic E-state index is 12.9. The molecule has 0 aliphatic carbocycles. The number of rotatable bonds is 3. The van der Waals surface area contributed by atoms with Crippen molar-refractivity contribution in [2.45, 2.75) is 25.1 Å². The fourth-order valence-corrected chi connectivity index (χ4v) is 4.50. The van der Waals surface area contributed by atoms with Crippen molar-refractivity contribution in [2.24, 2.45) is 11.7 Å². The van der Waals surface area contributed by atoms with E-state index in [1.54, 1.807) is 0 Å². The van der Waals surface area contributed by atoms with Crippen molar-refractivity contribution >= 4 is 9.84 Å². The van der Waals surface area contributed by atoms with E-state index in [2.05, 4.69) is 0 Å². The van der Waals surface area contributed by atoms with Crippen molar-refractivity contribution in [2.75, 3.05) is 11.5 Å². The molecule has 0 aromatic heterocycles. The summed E-state index contributed by atoms with van der Waals surface area (Å²) < 4.78 is 61.4. The van der Waals surface area contributed by atoms with Crippen LogP contribution in [0, 0.1) is 5.92 Å². The van der Waals surface area contributed by atoms with Gasteiger partial charge in [-0.15, -0.1) is 0 Å². The van der Waals surface area contributed by atoms with Crippen molar-refractivity contribution in [3.8, 4) is 0 Å². The van der Waals surface area contributed by atoms with Gasteiger partial charge in [-0.05, 0) is 30.4 Å². The smallest absolute Gasteiger partial charge is 0.324 e. The summed E-state index contributed by atoms with van der Waals surface area (Å²) in [7, 11) is -3.04. The number of hydrogen-bond donors (Lipinski definition) is 1. The van der Waals surface area contributed by atoms with E-state index in [0.29, 0.717) is 6.42 Å². The van der Waals surface area contributed by atoms with Gasteiger partial charge in [0.15, 0.2) is 9.84 Å². The molecule has 1 fully saturated rings. The summed E-state index contributed by atoms with van der Waals surface area (Å²) in [4.78, 5) is 0. The van der Waals surface area contributed by atoms with Gasteiger partial charge in [0.05, 0.1) is 17.1 Å². The van der Waals surface area contributed by atoms with Crippen molar-refractivity contribution in [1.82, 2.24) is 0 Å². The summed E-state index contributed by atoms with van der Waals surface area (Å²) in [6, 6.07) is 4.39. The van der Waals surface area contributed by atoms with E-state index >= 15 is 0 Å². The minimum atomic E-state index is -4.45. The quantitative estimate of drug-likeness (QED) is 0.933. The van der Waals surface area contributed by atoms with Gasteiger partial charge in [-0.25, -0.2) is 8.42 Å². The summed E-state index contributed by atoms with van der Waals surface area (Å²) in [6.07, 6.45) is -3.72. The molecular weight excluding hydrogens is 291 g/mol. The number of nitrogens with two attached hydrogens (primary N) is 1. The third-order valence-electron chi connectivity index (χ3n) is 3.58. The van der Waals surface area contributed by atoms with Crippen LogP contribution in [-0.4, -0.2) is 19.9 Å². The highest BCUT2D eigenvalue weighted by Gasteiger charge is 2.35. The molecule has 2 unspecified atom stereocenters. The van der Waals surface area contributed by atoms with Crippen molar-refractivity contribution in [3.05, 3.63) is 35.4 Å². The number of alkyl halides is 3. The molecule has 1 saturated heterocycles. The monoisotopic (exact) mass is 307 g/mol. The Balaban J connectivity index is 2.16. The molecule has 20 heavy (non-hydrogen) atoms. The Bertz CT molecular complexity index is 584. The lowest BCUT2D eigenvalue weighted by Crippen LogP contribution is -2.20. The van der Waals surface area contributed by atoms with Crippen LogP contribution in [0.25, 0.3) is 0 Å². The van der Waals surface area contributed by atoms with E-state index in [1.807, 2.05) is 0 Å². The predicted octanol–water partition coefficient (Wildman–Crippen LogP) is 2.53. The number of benzene rings is 1. The highest BCUT2D eigenvalue weighted by Crippen LogP contribution is 2.36. The van der Waals surface area contributed by atoms with Gasteiger partial charge in [0, 0.05) is 6.04 Å². The topological polar surface area (TPSA) is 60.2 Å². The normalized spacial score (nSPS) is 23.7. The van der Waals surface area contributed by atoms with E-state index in [0.717, 1.165) is 6.07 Å². The zero-order valence-electron chi connectivity index (χ0n) is 10.7. The molecule has 3 nitrogen and oxygen atoms in total. The van der Waals surface area contributed by atoms with Gasteiger partial charge >= 0.3 is 6.18 Å². The maximum Gasteiger partial charge on any atom is 0.416 e. The van der Waals surface area contributed by atoms with Gasteiger partial charge in [-0.3, -0.25) is 0 Å². The molecule has 0 bridgehead atoms. The van der Waals surface area contributed by atoms with Gasteiger partial charge in [0.1, 0.15) is 0 Å². The molecule has 0 radical (unpaired) electrons. The van der Waals surface area contributed by atoms with Crippen LogP contribution >= 0.6 is 0 Å². The van der Waals surface area contributed by atoms with Crippen LogP contribution in [0.4, 0.5) is 13.2 Å². The summed E-state index contributed by atoms with van der Waals surface area (Å²) in [6.45, 7) is 0. The fraction of sp³-hybridized carbons (Fsp3) is 0.538. The average Bonchev–Trinajstić information content (AvgIpc) is 2.67. The molecule has 1 aliphatic heterocycles. The Hall–Kier alpha value is -1.08. The summed E-state index contributed by atoms with van der Waals surface area (Å²) in [5.41, 5.74) is 5.16. The van der Waals surface area contributed by atoms with Crippen LogP contribution in [0.15, 0.2) is 24.3 Å². The molecule has 2 N–H and O–H groups in total. The average molecular weight is 307 g/mol. The first-order valence-electron chi connectivity index (χ1n) is 6.31. The predicted molar refractivity (Wildman–Crippen MR) is 69.8 cm³/mol. The number of sulfone groups is 1. The summed E-state index contributed by atoms with van der Waals surface area (Å²) in [5.74, 6) is -0.0310.